The van der Waals surface area contributed by atoms with Crippen molar-refractivity contribution in [2.75, 3.05) is 0 Å². The van der Waals surface area contributed by atoms with Crippen molar-refractivity contribution in [3.8, 4) is 0 Å². The lowest BCUT2D eigenvalue weighted by Crippen LogP contribution is -2.58. The van der Waals surface area contributed by atoms with E-state index in [0.29, 0.717) is 18.8 Å². The van der Waals surface area contributed by atoms with Crippen LogP contribution in [0.2, 0.25) is 0 Å². The van der Waals surface area contributed by atoms with Gasteiger partial charge in [0.1, 0.15) is 5.54 Å². The molecule has 0 spiro atoms. The first kappa shape index (κ1) is 13.2. The van der Waals surface area contributed by atoms with Crippen LogP contribution in [-0.2, 0) is 4.79 Å². The Labute approximate surface area is 107 Å². The SMILES string of the molecule is CCC1CCC(NC(=O)NC2CC2)(C(=O)O)CC1. The highest BCUT2D eigenvalue weighted by Crippen LogP contribution is 2.34. The molecule has 2 saturated carbocycles. The van der Waals surface area contributed by atoms with Crippen LogP contribution in [0.5, 0.6) is 0 Å². The molecule has 18 heavy (non-hydrogen) atoms. The maximum atomic E-state index is 11.7. The fourth-order valence-electron chi connectivity index (χ4n) is 2.64. The molecule has 2 fully saturated rings. The molecule has 0 aliphatic heterocycles. The largest absolute Gasteiger partial charge is 0.480 e. The van der Waals surface area contributed by atoms with Gasteiger partial charge in [-0.1, -0.05) is 13.3 Å². The van der Waals surface area contributed by atoms with Crippen molar-refractivity contribution in [1.29, 1.82) is 0 Å². The lowest BCUT2D eigenvalue weighted by molar-refractivity contribution is -0.146. The summed E-state index contributed by atoms with van der Waals surface area (Å²) < 4.78 is 0. The Hall–Kier alpha value is -1.26. The predicted molar refractivity (Wildman–Crippen MR) is 67.3 cm³/mol. The van der Waals surface area contributed by atoms with Gasteiger partial charge in [0.25, 0.3) is 0 Å². The molecule has 5 heteroatoms. The summed E-state index contributed by atoms with van der Waals surface area (Å²) in [6.45, 7) is 2.13. The maximum absolute atomic E-state index is 11.7. The zero-order valence-electron chi connectivity index (χ0n) is 10.9. The van der Waals surface area contributed by atoms with E-state index < -0.39 is 11.5 Å². The van der Waals surface area contributed by atoms with E-state index in [9.17, 15) is 14.7 Å². The summed E-state index contributed by atoms with van der Waals surface area (Å²) in [6, 6.07) is -0.0716. The smallest absolute Gasteiger partial charge is 0.329 e. The second kappa shape index (κ2) is 5.16. The Bertz CT molecular complexity index is 331. The van der Waals surface area contributed by atoms with Crippen LogP contribution in [0.1, 0.15) is 51.9 Å². The van der Waals surface area contributed by atoms with Crippen LogP contribution in [0, 0.1) is 5.92 Å². The molecule has 3 N–H and O–H groups in total. The van der Waals surface area contributed by atoms with Gasteiger partial charge in [-0.3, -0.25) is 0 Å². The number of carbonyl (C=O) groups excluding carboxylic acids is 1. The van der Waals surface area contributed by atoms with Crippen molar-refractivity contribution < 1.29 is 14.7 Å². The van der Waals surface area contributed by atoms with Crippen LogP contribution in [-0.4, -0.2) is 28.7 Å². The van der Waals surface area contributed by atoms with Gasteiger partial charge in [-0.25, -0.2) is 9.59 Å². The Balaban J connectivity index is 1.94. The molecule has 0 unspecified atom stereocenters. The van der Waals surface area contributed by atoms with Crippen molar-refractivity contribution in [3.63, 3.8) is 0 Å². The molecule has 5 nitrogen and oxygen atoms in total. The first-order chi connectivity index (χ1) is 8.55. The van der Waals surface area contributed by atoms with Crippen LogP contribution < -0.4 is 10.6 Å². The standard InChI is InChI=1S/C13H22N2O3/c1-2-9-5-7-13(8-6-9,11(16)17)15-12(18)14-10-3-4-10/h9-10H,2-8H2,1H3,(H,16,17)(H2,14,15,18). The fourth-order valence-corrected chi connectivity index (χ4v) is 2.64. The summed E-state index contributed by atoms with van der Waals surface area (Å²) >= 11 is 0. The number of hydrogen-bond donors (Lipinski definition) is 3. The maximum Gasteiger partial charge on any atom is 0.329 e. The Kier molecular flexibility index (Phi) is 3.78. The van der Waals surface area contributed by atoms with E-state index >= 15 is 0 Å². The molecule has 0 aromatic heterocycles. The van der Waals surface area contributed by atoms with E-state index in [2.05, 4.69) is 17.6 Å². The second-order valence-electron chi connectivity index (χ2n) is 5.61. The van der Waals surface area contributed by atoms with Crippen molar-refractivity contribution >= 4 is 12.0 Å². The van der Waals surface area contributed by atoms with Gasteiger partial charge in [-0.15, -0.1) is 0 Å². The summed E-state index contributed by atoms with van der Waals surface area (Å²) in [6.07, 6.45) is 5.94. The van der Waals surface area contributed by atoms with Gasteiger partial charge in [-0.05, 0) is 44.4 Å². The van der Waals surface area contributed by atoms with Crippen LogP contribution in [0.4, 0.5) is 4.79 Å². The summed E-state index contributed by atoms with van der Waals surface area (Å²) in [5, 5.41) is 14.9. The van der Waals surface area contributed by atoms with E-state index in [1.807, 2.05) is 0 Å². The quantitative estimate of drug-likeness (QED) is 0.716. The minimum atomic E-state index is -1.05. The van der Waals surface area contributed by atoms with E-state index in [1.54, 1.807) is 0 Å². The lowest BCUT2D eigenvalue weighted by atomic mass is 9.75. The molecular formula is C13H22N2O3. The van der Waals surface area contributed by atoms with Gasteiger partial charge in [0.05, 0.1) is 0 Å². The molecule has 0 radical (unpaired) electrons. The van der Waals surface area contributed by atoms with Gasteiger partial charge >= 0.3 is 12.0 Å². The third-order valence-corrected chi connectivity index (χ3v) is 4.21. The highest BCUT2D eigenvalue weighted by Gasteiger charge is 2.43. The van der Waals surface area contributed by atoms with Gasteiger partial charge in [0.2, 0.25) is 0 Å². The molecule has 2 rings (SSSR count). The molecule has 2 amide bonds. The van der Waals surface area contributed by atoms with Crippen molar-refractivity contribution in [2.24, 2.45) is 5.92 Å². The van der Waals surface area contributed by atoms with E-state index in [4.69, 9.17) is 0 Å². The summed E-state index contributed by atoms with van der Waals surface area (Å²) in [5.74, 6) is -0.297. The Morgan fingerprint density at radius 1 is 1.22 bits per heavy atom. The molecular weight excluding hydrogens is 232 g/mol. The third-order valence-electron chi connectivity index (χ3n) is 4.21. The van der Waals surface area contributed by atoms with Crippen LogP contribution in [0.3, 0.4) is 0 Å². The number of urea groups is 1. The van der Waals surface area contributed by atoms with Gasteiger partial charge < -0.3 is 15.7 Å². The normalized spacial score (nSPS) is 31.7. The second-order valence-corrected chi connectivity index (χ2v) is 5.61. The number of hydrogen-bond acceptors (Lipinski definition) is 2. The fraction of sp³-hybridized carbons (Fsp3) is 0.846. The lowest BCUT2D eigenvalue weighted by Gasteiger charge is -2.37. The van der Waals surface area contributed by atoms with Gasteiger partial charge in [0, 0.05) is 6.04 Å². The molecule has 0 aromatic rings. The average Bonchev–Trinajstić information content (AvgIpc) is 3.13. The minimum absolute atomic E-state index is 0.253. The summed E-state index contributed by atoms with van der Waals surface area (Å²) in [7, 11) is 0. The first-order valence-corrected chi connectivity index (χ1v) is 6.88. The van der Waals surface area contributed by atoms with Crippen molar-refractivity contribution in [3.05, 3.63) is 0 Å². The molecule has 0 atom stereocenters. The van der Waals surface area contributed by atoms with E-state index in [-0.39, 0.29) is 12.1 Å². The number of rotatable bonds is 4. The number of nitrogens with one attached hydrogen (secondary N) is 2. The van der Waals surface area contributed by atoms with Crippen LogP contribution in [0.15, 0.2) is 0 Å². The van der Waals surface area contributed by atoms with E-state index in [0.717, 1.165) is 32.1 Å². The average molecular weight is 254 g/mol. The molecule has 0 saturated heterocycles. The molecule has 0 heterocycles. The van der Waals surface area contributed by atoms with Crippen molar-refractivity contribution in [2.45, 2.75) is 63.5 Å². The first-order valence-electron chi connectivity index (χ1n) is 6.88. The van der Waals surface area contributed by atoms with E-state index in [1.165, 1.54) is 0 Å². The number of carboxylic acids is 1. The predicted octanol–water partition coefficient (Wildman–Crippen LogP) is 1.87. The van der Waals surface area contributed by atoms with Crippen LogP contribution in [0.25, 0.3) is 0 Å². The Morgan fingerprint density at radius 3 is 2.28 bits per heavy atom. The molecule has 0 bridgehead atoms. The monoisotopic (exact) mass is 254 g/mol. The highest BCUT2D eigenvalue weighted by atomic mass is 16.4. The summed E-state index contributed by atoms with van der Waals surface area (Å²) in [4.78, 5) is 23.2. The number of amides is 2. The topological polar surface area (TPSA) is 78.4 Å². The van der Waals surface area contributed by atoms with Crippen LogP contribution >= 0.6 is 0 Å². The van der Waals surface area contributed by atoms with Gasteiger partial charge in [-0.2, -0.15) is 0 Å². The highest BCUT2D eigenvalue weighted by molar-refractivity contribution is 5.86. The summed E-state index contributed by atoms with van der Waals surface area (Å²) in [5.41, 5.74) is -1.05. The zero-order valence-corrected chi connectivity index (χ0v) is 10.9. The number of carboxylic acid groups (broad SMARTS) is 1. The number of aliphatic carboxylic acids is 1. The molecule has 102 valence electrons. The molecule has 0 aromatic carbocycles. The van der Waals surface area contributed by atoms with Gasteiger partial charge in [0.15, 0.2) is 0 Å². The Morgan fingerprint density at radius 2 is 1.83 bits per heavy atom. The minimum Gasteiger partial charge on any atom is -0.480 e. The van der Waals surface area contributed by atoms with Crippen molar-refractivity contribution in [1.82, 2.24) is 10.6 Å². The zero-order chi connectivity index (χ0) is 13.2. The number of carbonyl (C=O) groups is 2. The third kappa shape index (κ3) is 2.94. The molecule has 2 aliphatic rings. The molecule has 2 aliphatic carbocycles.